The van der Waals surface area contributed by atoms with Crippen LogP contribution in [-0.2, 0) is 28.8 Å². The number of ether oxygens (including phenoxy) is 1. The van der Waals surface area contributed by atoms with Crippen LogP contribution >= 0.6 is 0 Å². The summed E-state index contributed by atoms with van der Waals surface area (Å²) in [7, 11) is 0. The summed E-state index contributed by atoms with van der Waals surface area (Å²) in [6.45, 7) is -1.47. The molecule has 0 spiro atoms. The highest BCUT2D eigenvalue weighted by Crippen LogP contribution is 2.23. The van der Waals surface area contributed by atoms with E-state index in [2.05, 4.69) is 4.74 Å². The molecule has 1 aliphatic rings. The lowest BCUT2D eigenvalue weighted by atomic mass is 10.0. The Balaban J connectivity index is 1.74. The highest BCUT2D eigenvalue weighted by atomic mass is 19.4. The summed E-state index contributed by atoms with van der Waals surface area (Å²) in [6, 6.07) is 6.01. The maximum Gasteiger partial charge on any atom is 0.411 e. The van der Waals surface area contributed by atoms with Gasteiger partial charge < -0.3 is 4.74 Å². The molecule has 5 heteroatoms. The van der Waals surface area contributed by atoms with Crippen molar-refractivity contribution < 1.29 is 22.7 Å². The van der Waals surface area contributed by atoms with Crippen LogP contribution in [0.3, 0.4) is 0 Å². The van der Waals surface area contributed by atoms with Gasteiger partial charge in [-0.15, -0.1) is 0 Å². The predicted molar refractivity (Wildman–Crippen MR) is 68.7 cm³/mol. The fourth-order valence-corrected chi connectivity index (χ4v) is 2.43. The number of carbonyl (C=O) groups is 1. The summed E-state index contributed by atoms with van der Waals surface area (Å²) in [6.07, 6.45) is -0.752. The van der Waals surface area contributed by atoms with Crippen molar-refractivity contribution in [3.63, 3.8) is 0 Å². The van der Waals surface area contributed by atoms with E-state index >= 15 is 0 Å². The molecule has 0 saturated carbocycles. The van der Waals surface area contributed by atoms with Gasteiger partial charge in [-0.2, -0.15) is 13.2 Å². The van der Waals surface area contributed by atoms with E-state index in [1.807, 2.05) is 18.2 Å². The first-order valence-corrected chi connectivity index (χ1v) is 6.71. The van der Waals surface area contributed by atoms with Crippen LogP contribution in [0.2, 0.25) is 0 Å². The molecule has 0 unspecified atom stereocenters. The van der Waals surface area contributed by atoms with Crippen molar-refractivity contribution in [2.45, 2.75) is 38.3 Å². The van der Waals surface area contributed by atoms with Crippen LogP contribution in [0.4, 0.5) is 13.2 Å². The Kier molecular flexibility index (Phi) is 4.81. The fraction of sp³-hybridized carbons (Fsp3) is 0.533. The summed E-state index contributed by atoms with van der Waals surface area (Å²) < 4.78 is 40.0. The van der Waals surface area contributed by atoms with Gasteiger partial charge in [0.2, 0.25) is 0 Å². The quantitative estimate of drug-likeness (QED) is 0.750. The summed E-state index contributed by atoms with van der Waals surface area (Å²) >= 11 is 0. The number of aryl methyl sites for hydroxylation is 2. The number of fused-ring (bicyclic) bond motifs is 1. The molecule has 0 N–H and O–H groups in total. The molecule has 1 aromatic carbocycles. The zero-order valence-corrected chi connectivity index (χ0v) is 11.1. The van der Waals surface area contributed by atoms with Crippen molar-refractivity contribution in [2.24, 2.45) is 0 Å². The van der Waals surface area contributed by atoms with Crippen molar-refractivity contribution in [3.05, 3.63) is 34.9 Å². The number of ketones is 1. The second-order valence-electron chi connectivity index (χ2n) is 5.09. The van der Waals surface area contributed by atoms with E-state index < -0.39 is 12.8 Å². The second kappa shape index (κ2) is 6.39. The van der Waals surface area contributed by atoms with Gasteiger partial charge in [0, 0.05) is 12.8 Å². The number of hydrogen-bond donors (Lipinski definition) is 0. The summed E-state index contributed by atoms with van der Waals surface area (Å²) in [5.74, 6) is -0.0925. The molecule has 0 atom stereocenters. The Morgan fingerprint density at radius 1 is 1.20 bits per heavy atom. The molecule has 0 heterocycles. The smallest absolute Gasteiger partial charge is 0.372 e. The largest absolute Gasteiger partial charge is 0.411 e. The first kappa shape index (κ1) is 15.0. The molecule has 110 valence electrons. The molecule has 0 amide bonds. The number of hydrogen-bond acceptors (Lipinski definition) is 2. The fourth-order valence-electron chi connectivity index (χ4n) is 2.43. The Hall–Kier alpha value is -1.36. The summed E-state index contributed by atoms with van der Waals surface area (Å²) in [5.41, 5.74) is 3.57. The van der Waals surface area contributed by atoms with Crippen molar-refractivity contribution in [3.8, 4) is 0 Å². The molecule has 0 aliphatic heterocycles. The first-order valence-electron chi connectivity index (χ1n) is 6.71. The van der Waals surface area contributed by atoms with Crippen LogP contribution in [-0.4, -0.2) is 25.2 Å². The van der Waals surface area contributed by atoms with Gasteiger partial charge in [-0.05, 0) is 36.0 Å². The van der Waals surface area contributed by atoms with Gasteiger partial charge in [-0.1, -0.05) is 18.2 Å². The van der Waals surface area contributed by atoms with Gasteiger partial charge in [-0.3, -0.25) is 4.79 Å². The third-order valence-corrected chi connectivity index (χ3v) is 3.36. The topological polar surface area (TPSA) is 26.3 Å². The monoisotopic (exact) mass is 286 g/mol. The van der Waals surface area contributed by atoms with Crippen LogP contribution < -0.4 is 0 Å². The maximum absolute atomic E-state index is 11.8. The number of carbonyl (C=O) groups excluding carboxylic acids is 1. The molecule has 2 nitrogen and oxygen atoms in total. The van der Waals surface area contributed by atoms with Crippen LogP contribution in [0.15, 0.2) is 18.2 Å². The SMILES string of the molecule is O=C(CCOCC(F)(F)F)Cc1ccc2c(c1)CCC2. The Morgan fingerprint density at radius 2 is 1.95 bits per heavy atom. The van der Waals surface area contributed by atoms with Gasteiger partial charge in [0.1, 0.15) is 12.4 Å². The molecule has 1 aromatic rings. The average molecular weight is 286 g/mol. The molecule has 0 fully saturated rings. The zero-order chi connectivity index (χ0) is 14.6. The number of Topliss-reactive ketones (excluding diaryl/α,β-unsaturated/α-hetero) is 1. The third-order valence-electron chi connectivity index (χ3n) is 3.36. The standard InChI is InChI=1S/C15H17F3O2/c16-15(17,18)10-20-7-6-14(19)9-11-4-5-12-2-1-3-13(12)8-11/h4-5,8H,1-3,6-7,9-10H2. The van der Waals surface area contributed by atoms with Crippen molar-refractivity contribution in [1.29, 1.82) is 0 Å². The molecule has 20 heavy (non-hydrogen) atoms. The van der Waals surface area contributed by atoms with E-state index in [1.54, 1.807) is 0 Å². The molecule has 0 bridgehead atoms. The molecule has 0 radical (unpaired) electrons. The first-order chi connectivity index (χ1) is 9.44. The van der Waals surface area contributed by atoms with Crippen molar-refractivity contribution in [1.82, 2.24) is 0 Å². The van der Waals surface area contributed by atoms with Crippen LogP contribution in [0.25, 0.3) is 0 Å². The van der Waals surface area contributed by atoms with E-state index in [0.717, 1.165) is 24.8 Å². The number of halogens is 3. The summed E-state index contributed by atoms with van der Waals surface area (Å²) in [4.78, 5) is 11.7. The highest BCUT2D eigenvalue weighted by Gasteiger charge is 2.27. The third kappa shape index (κ3) is 4.63. The Labute approximate surface area is 115 Å². The van der Waals surface area contributed by atoms with E-state index in [4.69, 9.17) is 0 Å². The minimum absolute atomic E-state index is 0.0210. The zero-order valence-electron chi connectivity index (χ0n) is 11.1. The molecule has 1 aliphatic carbocycles. The van der Waals surface area contributed by atoms with Gasteiger partial charge in [0.25, 0.3) is 0 Å². The van der Waals surface area contributed by atoms with E-state index in [0.29, 0.717) is 0 Å². The van der Waals surface area contributed by atoms with E-state index in [9.17, 15) is 18.0 Å². The predicted octanol–water partition coefficient (Wildman–Crippen LogP) is 3.26. The molecule has 2 rings (SSSR count). The van der Waals surface area contributed by atoms with Gasteiger partial charge in [-0.25, -0.2) is 0 Å². The summed E-state index contributed by atoms with van der Waals surface area (Å²) in [5, 5.41) is 0. The lowest BCUT2D eigenvalue weighted by Crippen LogP contribution is -2.18. The molecule has 0 aromatic heterocycles. The number of alkyl halides is 3. The minimum atomic E-state index is -4.33. The van der Waals surface area contributed by atoms with Gasteiger partial charge in [0.15, 0.2) is 0 Å². The van der Waals surface area contributed by atoms with Crippen LogP contribution in [0.1, 0.15) is 29.5 Å². The second-order valence-corrected chi connectivity index (χ2v) is 5.09. The van der Waals surface area contributed by atoms with Crippen molar-refractivity contribution >= 4 is 5.78 Å². The van der Waals surface area contributed by atoms with Crippen LogP contribution in [0, 0.1) is 0 Å². The number of benzene rings is 1. The minimum Gasteiger partial charge on any atom is -0.372 e. The van der Waals surface area contributed by atoms with E-state index in [1.165, 1.54) is 11.1 Å². The maximum atomic E-state index is 11.8. The Morgan fingerprint density at radius 3 is 2.70 bits per heavy atom. The lowest BCUT2D eigenvalue weighted by molar-refractivity contribution is -0.174. The Bertz CT molecular complexity index is 480. The lowest BCUT2D eigenvalue weighted by Gasteiger charge is -2.07. The highest BCUT2D eigenvalue weighted by molar-refractivity contribution is 5.81. The molecular weight excluding hydrogens is 269 g/mol. The van der Waals surface area contributed by atoms with Crippen molar-refractivity contribution in [2.75, 3.05) is 13.2 Å². The number of rotatable bonds is 6. The van der Waals surface area contributed by atoms with Gasteiger partial charge >= 0.3 is 6.18 Å². The average Bonchev–Trinajstić information content (AvgIpc) is 2.81. The molecule has 0 saturated heterocycles. The molecular formula is C15H17F3O2. The van der Waals surface area contributed by atoms with Crippen LogP contribution in [0.5, 0.6) is 0 Å². The van der Waals surface area contributed by atoms with E-state index in [-0.39, 0.29) is 25.2 Å². The van der Waals surface area contributed by atoms with Gasteiger partial charge in [0.05, 0.1) is 6.61 Å². The normalized spacial score (nSPS) is 14.3.